The molecule has 1 unspecified atom stereocenters. The third-order valence-corrected chi connectivity index (χ3v) is 9.68. The largest absolute Gasteiger partial charge is 0.453 e. The van der Waals surface area contributed by atoms with Crippen LogP contribution in [-0.4, -0.2) is 108 Å². The van der Waals surface area contributed by atoms with Gasteiger partial charge in [0.15, 0.2) is 0 Å². The number of sulfonamides is 2. The van der Waals surface area contributed by atoms with Crippen LogP contribution in [0.15, 0.2) is 18.2 Å². The lowest BCUT2D eigenvalue weighted by Gasteiger charge is -2.42. The van der Waals surface area contributed by atoms with Crippen LogP contribution in [-0.2, 0) is 42.2 Å². The number of amides is 2. The number of ether oxygens (including phenoxy) is 1. The molecule has 2 aliphatic heterocycles. The molecule has 38 heavy (non-hydrogen) atoms. The monoisotopic (exact) mass is 584 g/mol. The van der Waals surface area contributed by atoms with Crippen LogP contribution in [0.25, 0.3) is 0 Å². The fourth-order valence-corrected chi connectivity index (χ4v) is 7.85. The van der Waals surface area contributed by atoms with E-state index in [1.807, 2.05) is 0 Å². The van der Waals surface area contributed by atoms with Crippen molar-refractivity contribution in [3.63, 3.8) is 0 Å². The molecule has 2 saturated heterocycles. The smallest absolute Gasteiger partial charge is 0.416 e. The maximum Gasteiger partial charge on any atom is 0.416 e. The molecule has 2 amide bonds. The Morgan fingerprint density at radius 3 is 2.16 bits per heavy atom. The molecule has 16 heteroatoms. The molecule has 3 rings (SSSR count). The van der Waals surface area contributed by atoms with Crippen molar-refractivity contribution in [2.45, 2.75) is 31.5 Å². The molecule has 2 fully saturated rings. The minimum atomic E-state index is -4.89. The summed E-state index contributed by atoms with van der Waals surface area (Å²) in [6.45, 7) is 2.54. The number of carbonyl (C=O) groups is 2. The second-order valence-corrected chi connectivity index (χ2v) is 13.3. The van der Waals surface area contributed by atoms with Crippen molar-refractivity contribution in [3.8, 4) is 0 Å². The number of hydrogen-bond acceptors (Lipinski definition) is 8. The Morgan fingerprint density at radius 2 is 1.63 bits per heavy atom. The fraction of sp³-hybridized carbons (Fsp3) is 0.636. The molecule has 1 aromatic carbocycles. The standard InChI is InChI=1S/C22H31F3N4O7S2/c1-36-21(31)27-10-11-28(18(15-27)14-26-8-4-5-9-26)20(30)12-16-6-7-17(22(23,24)25)13-19(16)29(37(2,32)33)38(3,34)35/h6-7,13,18H,4-5,8-12,14-15H2,1-3H3. The highest BCUT2D eigenvalue weighted by Crippen LogP contribution is 2.35. The average Bonchev–Trinajstić information content (AvgIpc) is 3.30. The van der Waals surface area contributed by atoms with Gasteiger partial charge in [0.25, 0.3) is 0 Å². The minimum absolute atomic E-state index is 0.0885. The van der Waals surface area contributed by atoms with E-state index < -0.39 is 61.9 Å². The Labute approximate surface area is 220 Å². The van der Waals surface area contributed by atoms with Crippen LogP contribution in [0, 0.1) is 0 Å². The van der Waals surface area contributed by atoms with Crippen LogP contribution in [0.3, 0.4) is 0 Å². The van der Waals surface area contributed by atoms with Crippen LogP contribution in [0.5, 0.6) is 0 Å². The molecular weight excluding hydrogens is 553 g/mol. The van der Waals surface area contributed by atoms with Gasteiger partial charge in [-0.15, -0.1) is 0 Å². The summed E-state index contributed by atoms with van der Waals surface area (Å²) in [5.41, 5.74) is -2.23. The lowest BCUT2D eigenvalue weighted by atomic mass is 10.0. The Kier molecular flexibility index (Phi) is 8.88. The van der Waals surface area contributed by atoms with E-state index in [1.54, 1.807) is 0 Å². The zero-order chi connectivity index (χ0) is 28.5. The van der Waals surface area contributed by atoms with Crippen molar-refractivity contribution < 1.29 is 44.3 Å². The van der Waals surface area contributed by atoms with Crippen molar-refractivity contribution in [2.24, 2.45) is 0 Å². The van der Waals surface area contributed by atoms with Gasteiger partial charge in [-0.1, -0.05) is 6.07 Å². The van der Waals surface area contributed by atoms with E-state index >= 15 is 0 Å². The normalized spacial score (nSPS) is 19.5. The summed E-state index contributed by atoms with van der Waals surface area (Å²) in [6.07, 6.45) is -2.90. The highest BCUT2D eigenvalue weighted by atomic mass is 32.3. The van der Waals surface area contributed by atoms with Gasteiger partial charge in [-0.25, -0.2) is 21.6 Å². The predicted molar refractivity (Wildman–Crippen MR) is 132 cm³/mol. The highest BCUT2D eigenvalue weighted by Gasteiger charge is 2.38. The molecule has 0 radical (unpaired) electrons. The van der Waals surface area contributed by atoms with Crippen molar-refractivity contribution in [2.75, 3.05) is 62.6 Å². The van der Waals surface area contributed by atoms with E-state index in [4.69, 9.17) is 4.74 Å². The topological polar surface area (TPSA) is 125 Å². The number of piperazine rings is 1. The van der Waals surface area contributed by atoms with Crippen molar-refractivity contribution in [1.82, 2.24) is 14.7 Å². The van der Waals surface area contributed by atoms with Crippen LogP contribution in [0.1, 0.15) is 24.0 Å². The molecular formula is C22H31F3N4O7S2. The van der Waals surface area contributed by atoms with Crippen LogP contribution in [0.4, 0.5) is 23.7 Å². The Hall–Kier alpha value is -2.59. The molecule has 0 bridgehead atoms. The zero-order valence-corrected chi connectivity index (χ0v) is 22.9. The van der Waals surface area contributed by atoms with E-state index in [1.165, 1.54) is 16.9 Å². The van der Waals surface area contributed by atoms with Gasteiger partial charge in [0, 0.05) is 26.2 Å². The first-order valence-corrected chi connectivity index (χ1v) is 15.5. The Morgan fingerprint density at radius 1 is 1.03 bits per heavy atom. The van der Waals surface area contributed by atoms with Gasteiger partial charge in [0.1, 0.15) is 0 Å². The second kappa shape index (κ2) is 11.3. The van der Waals surface area contributed by atoms with Gasteiger partial charge < -0.3 is 19.4 Å². The number of methoxy groups -OCH3 is 1. The number of benzene rings is 1. The SMILES string of the molecule is COC(=O)N1CCN(C(=O)Cc2ccc(C(F)(F)F)cc2N(S(C)(=O)=O)S(C)(=O)=O)C(CN2CCCC2)C1. The number of alkyl halides is 3. The molecule has 1 aromatic rings. The van der Waals surface area contributed by atoms with Crippen molar-refractivity contribution in [3.05, 3.63) is 29.3 Å². The molecule has 2 aliphatic rings. The number of nitrogens with zero attached hydrogens (tertiary/aromatic N) is 4. The first-order valence-electron chi connectivity index (χ1n) is 11.8. The summed E-state index contributed by atoms with van der Waals surface area (Å²) in [6, 6.07) is 1.56. The summed E-state index contributed by atoms with van der Waals surface area (Å²) in [5.74, 6) is -0.540. The lowest BCUT2D eigenvalue weighted by Crippen LogP contribution is -2.59. The molecule has 0 aliphatic carbocycles. The van der Waals surface area contributed by atoms with Gasteiger partial charge in [-0.2, -0.15) is 16.9 Å². The fourth-order valence-electron chi connectivity index (χ4n) is 4.83. The van der Waals surface area contributed by atoms with Crippen LogP contribution in [0.2, 0.25) is 0 Å². The number of halogens is 3. The molecule has 0 aromatic heterocycles. The number of rotatable bonds is 7. The second-order valence-electron chi connectivity index (χ2n) is 9.41. The van der Waals surface area contributed by atoms with Crippen molar-refractivity contribution in [1.29, 1.82) is 0 Å². The first-order chi connectivity index (χ1) is 17.5. The minimum Gasteiger partial charge on any atom is -0.453 e. The summed E-state index contributed by atoms with van der Waals surface area (Å²) >= 11 is 0. The Balaban J connectivity index is 1.98. The highest BCUT2D eigenvalue weighted by molar-refractivity contribution is 8.09. The van der Waals surface area contributed by atoms with Gasteiger partial charge in [-0.3, -0.25) is 4.79 Å². The lowest BCUT2D eigenvalue weighted by molar-refractivity contribution is -0.137. The zero-order valence-electron chi connectivity index (χ0n) is 21.3. The van der Waals surface area contributed by atoms with Gasteiger partial charge in [-0.05, 0) is 43.6 Å². The molecule has 0 saturated carbocycles. The van der Waals surface area contributed by atoms with Crippen LogP contribution < -0.4 is 3.71 Å². The molecule has 214 valence electrons. The average molecular weight is 585 g/mol. The maximum absolute atomic E-state index is 13.5. The van der Waals surface area contributed by atoms with Gasteiger partial charge >= 0.3 is 12.3 Å². The summed E-state index contributed by atoms with van der Waals surface area (Å²) < 4.78 is 94.5. The predicted octanol–water partition coefficient (Wildman–Crippen LogP) is 1.35. The van der Waals surface area contributed by atoms with E-state index in [0.29, 0.717) is 31.2 Å². The van der Waals surface area contributed by atoms with Gasteiger partial charge in [0.05, 0.1) is 43.3 Å². The summed E-state index contributed by atoms with van der Waals surface area (Å²) in [7, 11) is -7.91. The number of likely N-dealkylation sites (tertiary alicyclic amines) is 1. The Bertz CT molecular complexity index is 1230. The molecule has 0 spiro atoms. The maximum atomic E-state index is 13.5. The quantitative estimate of drug-likeness (QED) is 0.471. The third-order valence-electron chi connectivity index (χ3n) is 6.46. The summed E-state index contributed by atoms with van der Waals surface area (Å²) in [5, 5.41) is 0. The van der Waals surface area contributed by atoms with Crippen molar-refractivity contribution >= 4 is 37.7 Å². The molecule has 11 nitrogen and oxygen atoms in total. The van der Waals surface area contributed by atoms with Gasteiger partial charge in [0.2, 0.25) is 26.0 Å². The first kappa shape index (κ1) is 30.0. The number of carbonyl (C=O) groups excluding carboxylic acids is 2. The number of hydrogen-bond donors (Lipinski definition) is 0. The third kappa shape index (κ3) is 7.08. The van der Waals surface area contributed by atoms with E-state index in [-0.39, 0.29) is 28.9 Å². The van der Waals surface area contributed by atoms with E-state index in [9.17, 15) is 39.6 Å². The summed E-state index contributed by atoms with van der Waals surface area (Å²) in [4.78, 5) is 30.7. The molecule has 2 heterocycles. The van der Waals surface area contributed by atoms with E-state index in [0.717, 1.165) is 32.0 Å². The number of anilines is 1. The molecule has 1 atom stereocenters. The van der Waals surface area contributed by atoms with E-state index in [2.05, 4.69) is 4.90 Å². The molecule has 0 N–H and O–H groups in total. The van der Waals surface area contributed by atoms with Crippen LogP contribution >= 0.6 is 0 Å².